The summed E-state index contributed by atoms with van der Waals surface area (Å²) in [4.78, 5) is 39.9. The van der Waals surface area contributed by atoms with Gasteiger partial charge in [0.1, 0.15) is 11.3 Å². The molecule has 1 aliphatic heterocycles. The first-order chi connectivity index (χ1) is 17.2. The van der Waals surface area contributed by atoms with Crippen LogP contribution in [0.25, 0.3) is 11.0 Å². The number of aliphatic hydroxyl groups is 1. The van der Waals surface area contributed by atoms with Crippen LogP contribution in [0.4, 0.5) is 0 Å². The van der Waals surface area contributed by atoms with Gasteiger partial charge in [-0.2, -0.15) is 0 Å². The molecular weight excluding hydrogens is 460 g/mol. The van der Waals surface area contributed by atoms with Crippen molar-refractivity contribution >= 4 is 22.8 Å². The molecule has 2 aliphatic carbocycles. The number of piperidine rings is 1. The highest BCUT2D eigenvalue weighted by molar-refractivity contribution is 5.90. The Hall–Kier alpha value is -2.87. The second kappa shape index (κ2) is 9.88. The minimum Gasteiger partial charge on any atom is -0.480 e. The zero-order chi connectivity index (χ0) is 25.4. The number of amides is 2. The molecule has 0 radical (unpaired) electrons. The molecule has 0 spiro atoms. The number of rotatable bonds is 5. The van der Waals surface area contributed by atoms with Crippen molar-refractivity contribution in [3.05, 3.63) is 39.2 Å². The number of hydrogen-bond acceptors (Lipinski definition) is 6. The van der Waals surface area contributed by atoms with Crippen LogP contribution in [0.2, 0.25) is 0 Å². The minimum atomic E-state index is -0.834. The average molecular weight is 497 g/mol. The first kappa shape index (κ1) is 24.8. The molecule has 5 rings (SSSR count). The summed E-state index contributed by atoms with van der Waals surface area (Å²) >= 11 is 0. The Morgan fingerprint density at radius 3 is 2.78 bits per heavy atom. The van der Waals surface area contributed by atoms with Gasteiger partial charge in [-0.05, 0) is 82.1 Å². The first-order valence-corrected chi connectivity index (χ1v) is 13.3. The van der Waals surface area contributed by atoms with Crippen LogP contribution in [0.15, 0.2) is 21.3 Å². The summed E-state index contributed by atoms with van der Waals surface area (Å²) in [6.45, 7) is 4.50. The van der Waals surface area contributed by atoms with E-state index in [1.54, 1.807) is 11.8 Å². The third kappa shape index (κ3) is 4.75. The van der Waals surface area contributed by atoms with Crippen LogP contribution >= 0.6 is 0 Å². The maximum Gasteiger partial charge on any atom is 0.339 e. The molecule has 1 saturated carbocycles. The van der Waals surface area contributed by atoms with E-state index >= 15 is 0 Å². The molecule has 2 fully saturated rings. The predicted molar refractivity (Wildman–Crippen MR) is 135 cm³/mol. The normalized spacial score (nSPS) is 24.5. The van der Waals surface area contributed by atoms with E-state index in [4.69, 9.17) is 9.15 Å². The van der Waals surface area contributed by atoms with Gasteiger partial charge in [0.05, 0.1) is 17.5 Å². The molecule has 0 unspecified atom stereocenters. The molecule has 8 heteroatoms. The van der Waals surface area contributed by atoms with Gasteiger partial charge < -0.3 is 24.5 Å². The zero-order valence-corrected chi connectivity index (χ0v) is 21.2. The monoisotopic (exact) mass is 496 g/mol. The Kier molecular flexibility index (Phi) is 6.81. The average Bonchev–Trinajstić information content (AvgIpc) is 2.86. The van der Waals surface area contributed by atoms with Gasteiger partial charge >= 0.3 is 5.63 Å². The first-order valence-electron chi connectivity index (χ1n) is 13.3. The summed E-state index contributed by atoms with van der Waals surface area (Å²) in [5.41, 5.74) is 2.07. The maximum atomic E-state index is 12.9. The van der Waals surface area contributed by atoms with Crippen LogP contribution in [0.1, 0.15) is 68.6 Å². The van der Waals surface area contributed by atoms with E-state index in [9.17, 15) is 19.5 Å². The lowest BCUT2D eigenvalue weighted by molar-refractivity contribution is -0.144. The van der Waals surface area contributed by atoms with Crippen molar-refractivity contribution in [1.29, 1.82) is 0 Å². The molecule has 3 aliphatic rings. The molecule has 0 bridgehead atoms. The van der Waals surface area contributed by atoms with Crippen molar-refractivity contribution in [2.45, 2.75) is 83.3 Å². The molecule has 1 saturated heterocycles. The second-order valence-corrected chi connectivity index (χ2v) is 10.8. The van der Waals surface area contributed by atoms with Gasteiger partial charge in [-0.1, -0.05) is 12.8 Å². The Morgan fingerprint density at radius 2 is 1.97 bits per heavy atom. The summed E-state index contributed by atoms with van der Waals surface area (Å²) in [5, 5.41) is 14.3. The number of aryl methyl sites for hydroxylation is 2. The predicted octanol–water partition coefficient (Wildman–Crippen LogP) is 3.02. The van der Waals surface area contributed by atoms with Crippen molar-refractivity contribution in [1.82, 2.24) is 10.2 Å². The smallest absolute Gasteiger partial charge is 0.339 e. The highest BCUT2D eigenvalue weighted by Crippen LogP contribution is 2.40. The molecule has 36 heavy (non-hydrogen) atoms. The lowest BCUT2D eigenvalue weighted by Crippen LogP contribution is -2.56. The van der Waals surface area contributed by atoms with Gasteiger partial charge in [-0.15, -0.1) is 0 Å². The van der Waals surface area contributed by atoms with Crippen LogP contribution in [-0.2, 0) is 22.4 Å². The number of fused-ring (bicyclic) bond motifs is 4. The van der Waals surface area contributed by atoms with E-state index < -0.39 is 11.7 Å². The van der Waals surface area contributed by atoms with Gasteiger partial charge in [-0.25, -0.2) is 4.79 Å². The molecule has 8 nitrogen and oxygen atoms in total. The number of likely N-dealkylation sites (tertiary alicyclic amines) is 1. The Labute approximate surface area is 211 Å². The van der Waals surface area contributed by atoms with E-state index in [1.807, 2.05) is 19.1 Å². The standard InChI is InChI=1S/C28H36N2O6/c1-17-13-22(25-20-8-3-4-9-21(20)27(33)36-23(25)14-17)35-18(2)26(32)29-15-24(31)30-12-11-28(34)10-6-5-7-19(28)16-30/h13-14,18-19,34H,3-12,15-16H2,1-2H3,(H,29,32)/t18-,19+,28-/m1/s1. The van der Waals surface area contributed by atoms with Gasteiger partial charge in [0.2, 0.25) is 5.91 Å². The van der Waals surface area contributed by atoms with E-state index in [0.29, 0.717) is 42.8 Å². The largest absolute Gasteiger partial charge is 0.480 e. The summed E-state index contributed by atoms with van der Waals surface area (Å²) in [6, 6.07) is 3.69. The quantitative estimate of drug-likeness (QED) is 0.616. The van der Waals surface area contributed by atoms with Gasteiger partial charge in [0.25, 0.3) is 5.91 Å². The molecule has 2 aromatic rings. The molecule has 2 amide bonds. The summed E-state index contributed by atoms with van der Waals surface area (Å²) in [5.74, 6) is 0.117. The van der Waals surface area contributed by atoms with Crippen LogP contribution in [0, 0.1) is 12.8 Å². The lowest BCUT2D eigenvalue weighted by atomic mass is 9.71. The number of nitrogens with one attached hydrogen (secondary N) is 1. The Morgan fingerprint density at radius 1 is 1.19 bits per heavy atom. The Bertz CT molecular complexity index is 1240. The number of hydrogen-bond donors (Lipinski definition) is 2. The highest BCUT2D eigenvalue weighted by atomic mass is 16.5. The minimum absolute atomic E-state index is 0.101. The summed E-state index contributed by atoms with van der Waals surface area (Å²) in [7, 11) is 0. The third-order valence-corrected chi connectivity index (χ3v) is 8.30. The summed E-state index contributed by atoms with van der Waals surface area (Å²) in [6.07, 6.45) is 7.04. The number of ether oxygens (including phenoxy) is 1. The van der Waals surface area contributed by atoms with E-state index in [-0.39, 0.29) is 29.9 Å². The van der Waals surface area contributed by atoms with Crippen molar-refractivity contribution in [2.24, 2.45) is 5.92 Å². The molecule has 1 aromatic heterocycles. The number of nitrogens with zero attached hydrogens (tertiary/aromatic N) is 1. The highest BCUT2D eigenvalue weighted by Gasteiger charge is 2.43. The fraction of sp³-hybridized carbons (Fsp3) is 0.607. The van der Waals surface area contributed by atoms with Crippen LogP contribution < -0.4 is 15.7 Å². The van der Waals surface area contributed by atoms with Crippen molar-refractivity contribution < 1.29 is 23.8 Å². The van der Waals surface area contributed by atoms with Crippen molar-refractivity contribution in [2.75, 3.05) is 19.6 Å². The van der Waals surface area contributed by atoms with Crippen LogP contribution in [0.5, 0.6) is 5.75 Å². The van der Waals surface area contributed by atoms with E-state index in [1.165, 1.54) is 0 Å². The number of carbonyl (C=O) groups is 2. The summed E-state index contributed by atoms with van der Waals surface area (Å²) < 4.78 is 11.7. The molecular formula is C28H36N2O6. The van der Waals surface area contributed by atoms with E-state index in [0.717, 1.165) is 61.5 Å². The van der Waals surface area contributed by atoms with Crippen molar-refractivity contribution in [3.63, 3.8) is 0 Å². The van der Waals surface area contributed by atoms with Gasteiger partial charge in [0, 0.05) is 24.6 Å². The zero-order valence-electron chi connectivity index (χ0n) is 21.2. The Balaban J connectivity index is 1.25. The van der Waals surface area contributed by atoms with Crippen molar-refractivity contribution in [3.8, 4) is 5.75 Å². The van der Waals surface area contributed by atoms with Crippen LogP contribution in [0.3, 0.4) is 0 Å². The molecule has 194 valence electrons. The maximum absolute atomic E-state index is 12.9. The second-order valence-electron chi connectivity index (χ2n) is 10.8. The van der Waals surface area contributed by atoms with Gasteiger partial charge in [0.15, 0.2) is 6.10 Å². The fourth-order valence-corrected chi connectivity index (χ4v) is 6.22. The van der Waals surface area contributed by atoms with Crippen LogP contribution in [-0.4, -0.2) is 53.2 Å². The molecule has 3 atom stereocenters. The number of benzene rings is 1. The van der Waals surface area contributed by atoms with E-state index in [2.05, 4.69) is 5.32 Å². The third-order valence-electron chi connectivity index (χ3n) is 8.30. The SMILES string of the molecule is Cc1cc(O[C@H](C)C(=O)NCC(=O)N2CC[C@]3(O)CCCC[C@H]3C2)c2c3c(c(=O)oc2c1)CCCC3. The molecule has 1 aromatic carbocycles. The lowest BCUT2D eigenvalue weighted by Gasteiger charge is -2.47. The molecule has 2 heterocycles. The van der Waals surface area contributed by atoms with Gasteiger partial charge in [-0.3, -0.25) is 9.59 Å². The topological polar surface area (TPSA) is 109 Å². The molecule has 2 N–H and O–H groups in total. The number of carbonyl (C=O) groups excluding carboxylic acids is 2. The fourth-order valence-electron chi connectivity index (χ4n) is 6.22.